The van der Waals surface area contributed by atoms with Crippen molar-refractivity contribution in [3.8, 4) is 0 Å². The summed E-state index contributed by atoms with van der Waals surface area (Å²) < 4.78 is 0. The van der Waals surface area contributed by atoms with Gasteiger partial charge in [-0.1, -0.05) is 0 Å². The molecule has 2 aromatic rings. The molecule has 1 fully saturated rings. The average Bonchev–Trinajstić information content (AvgIpc) is 3.14. The lowest BCUT2D eigenvalue weighted by molar-refractivity contribution is 0.0907. The molecule has 2 aromatic heterocycles. The van der Waals surface area contributed by atoms with Crippen LogP contribution in [0.5, 0.6) is 0 Å². The lowest BCUT2D eigenvalue weighted by Crippen LogP contribution is -2.45. The third-order valence-electron chi connectivity index (χ3n) is 4.13. The van der Waals surface area contributed by atoms with Crippen LogP contribution in [-0.4, -0.2) is 24.4 Å². The fourth-order valence-corrected chi connectivity index (χ4v) is 4.23. The van der Waals surface area contributed by atoms with E-state index in [0.717, 1.165) is 33.7 Å². The van der Waals surface area contributed by atoms with Crippen molar-refractivity contribution < 1.29 is 9.59 Å². The molecule has 2 amide bonds. The Morgan fingerprint density at radius 2 is 1.65 bits per heavy atom. The number of amides is 2. The van der Waals surface area contributed by atoms with E-state index in [-0.39, 0.29) is 17.9 Å². The van der Waals surface area contributed by atoms with Crippen LogP contribution in [0.25, 0.3) is 0 Å². The van der Waals surface area contributed by atoms with E-state index in [2.05, 4.69) is 10.6 Å². The summed E-state index contributed by atoms with van der Waals surface area (Å²) in [7, 11) is 0. The number of hydrogen-bond acceptors (Lipinski definition) is 4. The minimum Gasteiger partial charge on any atom is -0.349 e. The van der Waals surface area contributed by atoms with E-state index < -0.39 is 0 Å². The lowest BCUT2D eigenvalue weighted by atomic mass is 10.1. The average molecular weight is 348 g/mol. The summed E-state index contributed by atoms with van der Waals surface area (Å²) in [5.74, 6) is 0.393. The molecule has 0 radical (unpaired) electrons. The minimum atomic E-state index is -0.0512. The second-order valence-electron chi connectivity index (χ2n) is 5.99. The summed E-state index contributed by atoms with van der Waals surface area (Å²) >= 11 is 2.91. The number of carbonyl (C=O) groups excluding carboxylic acids is 2. The van der Waals surface area contributed by atoms with Crippen LogP contribution in [0.15, 0.2) is 22.9 Å². The first-order valence-electron chi connectivity index (χ1n) is 7.73. The molecule has 122 valence electrons. The zero-order valence-electron chi connectivity index (χ0n) is 13.2. The van der Waals surface area contributed by atoms with Crippen molar-refractivity contribution in [3.63, 3.8) is 0 Å². The molecule has 0 aliphatic heterocycles. The van der Waals surface area contributed by atoms with E-state index in [9.17, 15) is 9.59 Å². The Bertz CT molecular complexity index is 716. The zero-order chi connectivity index (χ0) is 16.4. The standard InChI is InChI=1S/C17H20N2O2S2/c1-10-5-7-22-14(10)16(20)18-9-13(12-3-4-12)19-17(21)15-11(2)6-8-23-15/h5-8,12-13H,3-4,9H2,1-2H3,(H,18,20)(H,19,21). The molecule has 0 bridgehead atoms. The van der Waals surface area contributed by atoms with Gasteiger partial charge < -0.3 is 10.6 Å². The Balaban J connectivity index is 1.59. The van der Waals surface area contributed by atoms with Gasteiger partial charge >= 0.3 is 0 Å². The van der Waals surface area contributed by atoms with E-state index in [0.29, 0.717) is 12.5 Å². The largest absolute Gasteiger partial charge is 0.349 e. The third kappa shape index (κ3) is 3.82. The Hall–Kier alpha value is -1.66. The first-order valence-corrected chi connectivity index (χ1v) is 9.49. The van der Waals surface area contributed by atoms with Crippen LogP contribution in [0.3, 0.4) is 0 Å². The van der Waals surface area contributed by atoms with Crippen molar-refractivity contribution in [3.05, 3.63) is 43.8 Å². The molecule has 3 rings (SSSR count). The van der Waals surface area contributed by atoms with Crippen LogP contribution in [0.4, 0.5) is 0 Å². The molecule has 2 heterocycles. The minimum absolute atomic E-state index is 0.00761. The third-order valence-corrected chi connectivity index (χ3v) is 6.16. The smallest absolute Gasteiger partial charge is 0.261 e. The highest BCUT2D eigenvalue weighted by Crippen LogP contribution is 2.33. The zero-order valence-corrected chi connectivity index (χ0v) is 14.9. The Morgan fingerprint density at radius 3 is 2.13 bits per heavy atom. The highest BCUT2D eigenvalue weighted by molar-refractivity contribution is 7.12. The monoisotopic (exact) mass is 348 g/mol. The molecular weight excluding hydrogens is 328 g/mol. The molecule has 2 N–H and O–H groups in total. The molecular formula is C17H20N2O2S2. The molecule has 1 aliphatic carbocycles. The van der Waals surface area contributed by atoms with Crippen LogP contribution in [0, 0.1) is 19.8 Å². The van der Waals surface area contributed by atoms with Gasteiger partial charge in [-0.2, -0.15) is 0 Å². The second-order valence-corrected chi connectivity index (χ2v) is 7.83. The summed E-state index contributed by atoms with van der Waals surface area (Å²) in [4.78, 5) is 26.1. The van der Waals surface area contributed by atoms with Crippen molar-refractivity contribution in [1.82, 2.24) is 10.6 Å². The number of hydrogen-bond donors (Lipinski definition) is 2. The highest BCUT2D eigenvalue weighted by atomic mass is 32.1. The van der Waals surface area contributed by atoms with E-state index in [1.165, 1.54) is 22.7 Å². The maximum atomic E-state index is 12.4. The predicted octanol–water partition coefficient (Wildman–Crippen LogP) is 3.36. The van der Waals surface area contributed by atoms with Crippen molar-refractivity contribution in [2.45, 2.75) is 32.7 Å². The van der Waals surface area contributed by atoms with Crippen LogP contribution in [-0.2, 0) is 0 Å². The molecule has 1 atom stereocenters. The van der Waals surface area contributed by atoms with Gasteiger partial charge in [-0.3, -0.25) is 9.59 Å². The van der Waals surface area contributed by atoms with Crippen LogP contribution >= 0.6 is 22.7 Å². The fraction of sp³-hybridized carbons (Fsp3) is 0.412. The predicted molar refractivity (Wildman–Crippen MR) is 94.4 cm³/mol. The van der Waals surface area contributed by atoms with Gasteiger partial charge in [-0.15, -0.1) is 22.7 Å². The molecule has 0 aromatic carbocycles. The summed E-state index contributed by atoms with van der Waals surface area (Å²) in [6.45, 7) is 4.36. The summed E-state index contributed by atoms with van der Waals surface area (Å²) in [6, 6.07) is 3.90. The van der Waals surface area contributed by atoms with Gasteiger partial charge in [-0.25, -0.2) is 0 Å². The van der Waals surface area contributed by atoms with Crippen molar-refractivity contribution in [2.75, 3.05) is 6.54 Å². The Labute approximate surface area is 143 Å². The van der Waals surface area contributed by atoms with Crippen molar-refractivity contribution in [2.24, 2.45) is 5.92 Å². The molecule has 4 nitrogen and oxygen atoms in total. The van der Waals surface area contributed by atoms with E-state index in [1.54, 1.807) is 0 Å². The lowest BCUT2D eigenvalue weighted by Gasteiger charge is -2.18. The van der Waals surface area contributed by atoms with Gasteiger partial charge in [0.05, 0.1) is 9.75 Å². The Morgan fingerprint density at radius 1 is 1.09 bits per heavy atom. The van der Waals surface area contributed by atoms with Gasteiger partial charge in [0.1, 0.15) is 0 Å². The number of carbonyl (C=O) groups is 2. The summed E-state index contributed by atoms with van der Waals surface area (Å²) in [5.41, 5.74) is 1.99. The first-order chi connectivity index (χ1) is 11.1. The molecule has 0 spiro atoms. The number of rotatable bonds is 6. The molecule has 1 saturated carbocycles. The van der Waals surface area contributed by atoms with Crippen LogP contribution in [0.2, 0.25) is 0 Å². The fourth-order valence-electron chi connectivity index (χ4n) is 2.56. The summed E-state index contributed by atoms with van der Waals surface area (Å²) in [5, 5.41) is 9.92. The number of thiophene rings is 2. The van der Waals surface area contributed by atoms with Crippen LogP contribution in [0.1, 0.15) is 43.3 Å². The topological polar surface area (TPSA) is 58.2 Å². The number of nitrogens with one attached hydrogen (secondary N) is 2. The quantitative estimate of drug-likeness (QED) is 0.841. The molecule has 23 heavy (non-hydrogen) atoms. The maximum absolute atomic E-state index is 12.4. The first kappa shape index (κ1) is 16.2. The van der Waals surface area contributed by atoms with Gasteiger partial charge in [0, 0.05) is 12.6 Å². The van der Waals surface area contributed by atoms with Gasteiger partial charge in [-0.05, 0) is 66.6 Å². The van der Waals surface area contributed by atoms with Gasteiger partial charge in [0.2, 0.25) is 0 Å². The Kier molecular flexibility index (Phi) is 4.82. The van der Waals surface area contributed by atoms with E-state index in [4.69, 9.17) is 0 Å². The van der Waals surface area contributed by atoms with Crippen molar-refractivity contribution >= 4 is 34.5 Å². The molecule has 6 heteroatoms. The molecule has 0 saturated heterocycles. The van der Waals surface area contributed by atoms with Crippen molar-refractivity contribution in [1.29, 1.82) is 0 Å². The van der Waals surface area contributed by atoms with Gasteiger partial charge in [0.25, 0.3) is 11.8 Å². The maximum Gasteiger partial charge on any atom is 0.261 e. The van der Waals surface area contributed by atoms with E-state index >= 15 is 0 Å². The molecule has 1 unspecified atom stereocenters. The molecule has 1 aliphatic rings. The number of aryl methyl sites for hydroxylation is 2. The van der Waals surface area contributed by atoms with Crippen LogP contribution < -0.4 is 10.6 Å². The SMILES string of the molecule is Cc1ccsc1C(=O)NCC(NC(=O)c1sccc1C)C1CC1. The van der Waals surface area contributed by atoms with Gasteiger partial charge in [0.15, 0.2) is 0 Å². The summed E-state index contributed by atoms with van der Waals surface area (Å²) in [6.07, 6.45) is 2.23. The van der Waals surface area contributed by atoms with E-state index in [1.807, 2.05) is 36.7 Å². The normalized spacial score (nSPS) is 15.2. The second kappa shape index (κ2) is 6.84. The highest BCUT2D eigenvalue weighted by Gasteiger charge is 2.33.